The lowest BCUT2D eigenvalue weighted by atomic mass is 10.3. The lowest BCUT2D eigenvalue weighted by Gasteiger charge is -1.96. The smallest absolute Gasteiger partial charge is 0.315 e. The van der Waals surface area contributed by atoms with Crippen molar-refractivity contribution in [3.8, 4) is 0 Å². The first-order valence-electron chi connectivity index (χ1n) is 5.25. The summed E-state index contributed by atoms with van der Waals surface area (Å²) >= 11 is 1.62. The van der Waals surface area contributed by atoms with Crippen molar-refractivity contribution in [2.75, 3.05) is 5.32 Å². The van der Waals surface area contributed by atoms with Crippen molar-refractivity contribution in [1.82, 2.24) is 15.2 Å². The summed E-state index contributed by atoms with van der Waals surface area (Å²) in [5.74, 6) is 0.681. The van der Waals surface area contributed by atoms with Crippen molar-refractivity contribution in [2.45, 2.75) is 33.2 Å². The zero-order valence-electron chi connectivity index (χ0n) is 9.36. The van der Waals surface area contributed by atoms with Gasteiger partial charge in [-0.1, -0.05) is 12.0 Å². The number of nitrogens with zero attached hydrogens (tertiary/aromatic N) is 3. The van der Waals surface area contributed by atoms with E-state index in [0.29, 0.717) is 18.5 Å². The van der Waals surface area contributed by atoms with Gasteiger partial charge < -0.3 is 9.73 Å². The third-order valence-corrected chi connectivity index (χ3v) is 2.95. The number of aryl methyl sites for hydroxylation is 2. The van der Waals surface area contributed by atoms with E-state index in [2.05, 4.69) is 27.4 Å². The summed E-state index contributed by atoms with van der Waals surface area (Å²) in [5.41, 5.74) is 1.04. The highest BCUT2D eigenvalue weighted by Crippen LogP contribution is 2.12. The maximum Gasteiger partial charge on any atom is 0.315 e. The summed E-state index contributed by atoms with van der Waals surface area (Å²) in [6.07, 6.45) is 1.83. The van der Waals surface area contributed by atoms with Crippen molar-refractivity contribution < 1.29 is 4.42 Å². The second-order valence-corrected chi connectivity index (χ2v) is 4.43. The summed E-state index contributed by atoms with van der Waals surface area (Å²) in [5, 5.41) is 13.9. The molecule has 6 heteroatoms. The average molecular weight is 238 g/mol. The molecular formula is C10H14N4OS. The molecule has 5 nitrogen and oxygen atoms in total. The second-order valence-electron chi connectivity index (χ2n) is 3.49. The highest BCUT2D eigenvalue weighted by atomic mass is 32.1. The fourth-order valence-corrected chi connectivity index (χ4v) is 1.99. The highest BCUT2D eigenvalue weighted by Gasteiger charge is 2.05. The van der Waals surface area contributed by atoms with Gasteiger partial charge in [-0.2, -0.15) is 0 Å². The Morgan fingerprint density at radius 1 is 1.44 bits per heavy atom. The molecule has 86 valence electrons. The molecule has 2 aromatic heterocycles. The normalized spacial score (nSPS) is 10.6. The Labute approximate surface area is 97.9 Å². The van der Waals surface area contributed by atoms with E-state index in [-0.39, 0.29) is 0 Å². The third-order valence-electron chi connectivity index (χ3n) is 1.99. The van der Waals surface area contributed by atoms with Gasteiger partial charge in [0, 0.05) is 17.5 Å². The molecule has 0 saturated heterocycles. The van der Waals surface area contributed by atoms with Crippen LogP contribution in [0.3, 0.4) is 0 Å². The molecular weight excluding hydrogens is 224 g/mol. The van der Waals surface area contributed by atoms with E-state index < -0.39 is 0 Å². The first-order chi connectivity index (χ1) is 7.78. The molecule has 0 atom stereocenters. The van der Waals surface area contributed by atoms with E-state index in [1.807, 2.05) is 12.3 Å². The lowest BCUT2D eigenvalue weighted by Crippen LogP contribution is -1.99. The van der Waals surface area contributed by atoms with Crippen molar-refractivity contribution >= 4 is 17.4 Å². The van der Waals surface area contributed by atoms with Gasteiger partial charge in [-0.3, -0.25) is 0 Å². The molecule has 0 bridgehead atoms. The van der Waals surface area contributed by atoms with Gasteiger partial charge >= 0.3 is 6.01 Å². The molecule has 0 spiro atoms. The number of thiazole rings is 1. The van der Waals surface area contributed by atoms with E-state index in [9.17, 15) is 0 Å². The summed E-state index contributed by atoms with van der Waals surface area (Å²) in [6, 6.07) is 0.469. The molecule has 1 N–H and O–H groups in total. The fourth-order valence-electron chi connectivity index (χ4n) is 1.28. The zero-order chi connectivity index (χ0) is 11.4. The predicted octanol–water partition coefficient (Wildman–Crippen LogP) is 2.40. The van der Waals surface area contributed by atoms with Crippen LogP contribution in [0.1, 0.15) is 29.9 Å². The molecule has 0 amide bonds. The van der Waals surface area contributed by atoms with E-state index in [4.69, 9.17) is 4.42 Å². The summed E-state index contributed by atoms with van der Waals surface area (Å²) < 4.78 is 5.40. The molecule has 0 aliphatic carbocycles. The van der Waals surface area contributed by atoms with Crippen molar-refractivity contribution in [1.29, 1.82) is 0 Å². The Bertz CT molecular complexity index is 451. The average Bonchev–Trinajstić information content (AvgIpc) is 2.85. The number of nitrogens with one attached hydrogen (secondary N) is 1. The molecule has 0 aromatic carbocycles. The van der Waals surface area contributed by atoms with Crippen molar-refractivity contribution in [2.24, 2.45) is 0 Å². The number of hydrogen-bond acceptors (Lipinski definition) is 6. The molecule has 0 saturated carbocycles. The van der Waals surface area contributed by atoms with Crippen LogP contribution >= 0.6 is 11.3 Å². The van der Waals surface area contributed by atoms with Crippen LogP contribution in [0.5, 0.6) is 0 Å². The molecule has 2 heterocycles. The van der Waals surface area contributed by atoms with Gasteiger partial charge in [0.05, 0.1) is 6.54 Å². The minimum absolute atomic E-state index is 0.469. The Morgan fingerprint density at radius 3 is 3.00 bits per heavy atom. The van der Waals surface area contributed by atoms with Gasteiger partial charge in [-0.05, 0) is 13.3 Å². The molecule has 0 fully saturated rings. The van der Waals surface area contributed by atoms with E-state index in [1.165, 1.54) is 0 Å². The van der Waals surface area contributed by atoms with Crippen LogP contribution in [-0.2, 0) is 13.0 Å². The van der Waals surface area contributed by atoms with Gasteiger partial charge in [0.15, 0.2) is 0 Å². The number of aromatic nitrogens is 3. The summed E-state index contributed by atoms with van der Waals surface area (Å²) in [6.45, 7) is 4.69. The Balaban J connectivity index is 1.89. The first kappa shape index (κ1) is 11.1. The van der Waals surface area contributed by atoms with Crippen LogP contribution in [0.25, 0.3) is 0 Å². The maximum atomic E-state index is 5.40. The predicted molar refractivity (Wildman–Crippen MR) is 62.5 cm³/mol. The maximum absolute atomic E-state index is 5.40. The largest absolute Gasteiger partial charge is 0.408 e. The summed E-state index contributed by atoms with van der Waals surface area (Å²) in [7, 11) is 0. The van der Waals surface area contributed by atoms with Gasteiger partial charge in [-0.15, -0.1) is 16.4 Å². The van der Waals surface area contributed by atoms with E-state index >= 15 is 0 Å². The molecule has 16 heavy (non-hydrogen) atoms. The monoisotopic (exact) mass is 238 g/mol. The standard InChI is InChI=1S/C10H14N4OS/c1-3-4-8-13-14-10(15-8)11-5-9-12-7(2)6-16-9/h6H,3-5H2,1-2H3,(H,11,14). The lowest BCUT2D eigenvalue weighted by molar-refractivity contribution is 0.501. The van der Waals surface area contributed by atoms with E-state index in [1.54, 1.807) is 11.3 Å². The van der Waals surface area contributed by atoms with Crippen molar-refractivity contribution in [3.05, 3.63) is 22.0 Å². The van der Waals surface area contributed by atoms with Crippen LogP contribution < -0.4 is 5.32 Å². The Morgan fingerprint density at radius 2 is 2.31 bits per heavy atom. The first-order valence-corrected chi connectivity index (χ1v) is 6.13. The number of hydrogen-bond donors (Lipinski definition) is 1. The van der Waals surface area contributed by atoms with Crippen LogP contribution in [0.2, 0.25) is 0 Å². The zero-order valence-corrected chi connectivity index (χ0v) is 10.2. The SMILES string of the molecule is CCCc1nnc(NCc2nc(C)cs2)o1. The fraction of sp³-hybridized carbons (Fsp3) is 0.500. The third kappa shape index (κ3) is 2.79. The minimum Gasteiger partial charge on any atom is -0.408 e. The Hall–Kier alpha value is -1.43. The number of rotatable bonds is 5. The molecule has 0 aliphatic heterocycles. The molecule has 0 radical (unpaired) electrons. The van der Waals surface area contributed by atoms with Gasteiger partial charge in [0.2, 0.25) is 5.89 Å². The molecule has 2 rings (SSSR count). The topological polar surface area (TPSA) is 63.8 Å². The van der Waals surface area contributed by atoms with Crippen LogP contribution in [0.15, 0.2) is 9.80 Å². The second kappa shape index (κ2) is 5.07. The number of anilines is 1. The van der Waals surface area contributed by atoms with Gasteiger partial charge in [0.1, 0.15) is 5.01 Å². The molecule has 2 aromatic rings. The van der Waals surface area contributed by atoms with Crippen molar-refractivity contribution in [3.63, 3.8) is 0 Å². The Kier molecular flexibility index (Phi) is 3.51. The van der Waals surface area contributed by atoms with Gasteiger partial charge in [0.25, 0.3) is 0 Å². The minimum atomic E-state index is 0.469. The van der Waals surface area contributed by atoms with Crippen LogP contribution in [0.4, 0.5) is 6.01 Å². The molecule has 0 aliphatic rings. The summed E-state index contributed by atoms with van der Waals surface area (Å²) in [4.78, 5) is 4.34. The molecule has 0 unspecified atom stereocenters. The van der Waals surface area contributed by atoms with E-state index in [0.717, 1.165) is 23.5 Å². The quantitative estimate of drug-likeness (QED) is 0.866. The van der Waals surface area contributed by atoms with Gasteiger partial charge in [-0.25, -0.2) is 4.98 Å². The highest BCUT2D eigenvalue weighted by molar-refractivity contribution is 7.09. The van der Waals surface area contributed by atoms with Crippen LogP contribution in [-0.4, -0.2) is 15.2 Å². The van der Waals surface area contributed by atoms with Crippen LogP contribution in [0, 0.1) is 6.92 Å².